The lowest BCUT2D eigenvalue weighted by molar-refractivity contribution is 0.209. The third kappa shape index (κ3) is 3.32. The molecule has 0 saturated heterocycles. The molecule has 4 rings (SSSR count). The van der Waals surface area contributed by atoms with Crippen molar-refractivity contribution >= 4 is 5.52 Å². The molecule has 0 aliphatic rings. The highest BCUT2D eigenvalue weighted by Crippen LogP contribution is 2.36. The first-order chi connectivity index (χ1) is 13.9. The summed E-state index contributed by atoms with van der Waals surface area (Å²) in [7, 11) is 1.77. The Bertz CT molecular complexity index is 1150. The maximum Gasteiger partial charge on any atom is 0.238 e. The van der Waals surface area contributed by atoms with E-state index in [1.807, 2.05) is 13.8 Å². The number of aliphatic hydroxyl groups excluding tert-OH is 2. The lowest BCUT2D eigenvalue weighted by atomic mass is 9.86. The number of hydrogen-bond donors (Lipinski definition) is 2. The van der Waals surface area contributed by atoms with Crippen LogP contribution >= 0.6 is 0 Å². The molecule has 4 heterocycles. The summed E-state index contributed by atoms with van der Waals surface area (Å²) in [5.41, 5.74) is 0.972. The Hall–Kier alpha value is -3.38. The fraction of sp³-hybridized carbons (Fsp3) is 0.412. The van der Waals surface area contributed by atoms with Gasteiger partial charge in [-0.05, 0) is 0 Å². The van der Waals surface area contributed by atoms with Crippen LogP contribution in [0.2, 0.25) is 0 Å². The van der Waals surface area contributed by atoms with E-state index in [4.69, 9.17) is 9.26 Å². The summed E-state index contributed by atoms with van der Waals surface area (Å²) < 4.78 is 14.1. The molecule has 0 aliphatic heterocycles. The number of rotatable bonds is 7. The number of hydrogen-bond acceptors (Lipinski definition) is 10. The van der Waals surface area contributed by atoms with Crippen molar-refractivity contribution in [1.29, 1.82) is 0 Å². The summed E-state index contributed by atoms with van der Waals surface area (Å²) in [4.78, 5) is 4.15. The average molecular weight is 400 g/mol. The van der Waals surface area contributed by atoms with Crippen LogP contribution in [0, 0.1) is 0 Å². The fourth-order valence-electron chi connectivity index (χ4n) is 2.92. The molecule has 0 amide bonds. The highest BCUT2D eigenvalue weighted by atomic mass is 16.5. The molecule has 12 heteroatoms. The summed E-state index contributed by atoms with van der Waals surface area (Å²) >= 11 is 0. The number of fused-ring (bicyclic) bond motifs is 1. The molecule has 0 saturated carbocycles. The molecule has 0 aliphatic carbocycles. The number of aryl methyl sites for hydroxylation is 1. The van der Waals surface area contributed by atoms with Crippen LogP contribution in [-0.2, 0) is 25.7 Å². The van der Waals surface area contributed by atoms with Gasteiger partial charge >= 0.3 is 0 Å². The van der Waals surface area contributed by atoms with E-state index in [0.29, 0.717) is 40.1 Å². The SMILES string of the molecule is Cn1ncnc1COc1nn2c(-c3cc(CO)on3)nncc2c1C(C)(C)CO. The van der Waals surface area contributed by atoms with Gasteiger partial charge in [-0.15, -0.1) is 10.2 Å². The van der Waals surface area contributed by atoms with Crippen LogP contribution in [0.4, 0.5) is 0 Å². The van der Waals surface area contributed by atoms with Crippen molar-refractivity contribution < 1.29 is 19.5 Å². The summed E-state index contributed by atoms with van der Waals surface area (Å²) in [6, 6.07) is 1.56. The van der Waals surface area contributed by atoms with E-state index < -0.39 is 5.41 Å². The number of aliphatic hydroxyl groups is 2. The minimum Gasteiger partial charge on any atom is -0.468 e. The predicted octanol–water partition coefficient (Wildman–Crippen LogP) is 0.249. The van der Waals surface area contributed by atoms with Crippen molar-refractivity contribution in [2.45, 2.75) is 32.5 Å². The zero-order valence-corrected chi connectivity index (χ0v) is 16.1. The summed E-state index contributed by atoms with van der Waals surface area (Å²) in [5.74, 6) is 1.54. The van der Waals surface area contributed by atoms with Crippen LogP contribution in [0.15, 0.2) is 23.1 Å². The molecule has 0 unspecified atom stereocenters. The van der Waals surface area contributed by atoms with Crippen molar-refractivity contribution in [2.24, 2.45) is 7.05 Å². The highest BCUT2D eigenvalue weighted by molar-refractivity contribution is 5.65. The second-order valence-electron chi connectivity index (χ2n) is 7.11. The molecule has 0 spiro atoms. The first-order valence-corrected chi connectivity index (χ1v) is 8.83. The van der Waals surface area contributed by atoms with Crippen molar-refractivity contribution in [3.63, 3.8) is 0 Å². The molecule has 12 nitrogen and oxygen atoms in total. The molecule has 0 atom stereocenters. The van der Waals surface area contributed by atoms with E-state index in [2.05, 4.69) is 30.5 Å². The minimum atomic E-state index is -0.669. The Balaban J connectivity index is 1.84. The molecule has 0 bridgehead atoms. The van der Waals surface area contributed by atoms with Crippen molar-refractivity contribution in [1.82, 2.24) is 39.7 Å². The maximum absolute atomic E-state index is 9.96. The van der Waals surface area contributed by atoms with Crippen LogP contribution in [0.3, 0.4) is 0 Å². The van der Waals surface area contributed by atoms with Crippen molar-refractivity contribution in [3.8, 4) is 17.4 Å². The molecule has 0 radical (unpaired) electrons. The normalized spacial score (nSPS) is 12.0. The third-order valence-electron chi connectivity index (χ3n) is 4.58. The zero-order valence-electron chi connectivity index (χ0n) is 16.1. The van der Waals surface area contributed by atoms with E-state index in [0.717, 1.165) is 0 Å². The largest absolute Gasteiger partial charge is 0.468 e. The van der Waals surface area contributed by atoms with E-state index in [9.17, 15) is 10.2 Å². The zero-order chi connectivity index (χ0) is 20.6. The van der Waals surface area contributed by atoms with Gasteiger partial charge in [0, 0.05) is 18.5 Å². The monoisotopic (exact) mass is 400 g/mol. The Morgan fingerprint density at radius 2 is 2.10 bits per heavy atom. The topological polar surface area (TPSA) is 150 Å². The smallest absolute Gasteiger partial charge is 0.238 e. The van der Waals surface area contributed by atoms with E-state index in [1.165, 1.54) is 10.8 Å². The first-order valence-electron chi connectivity index (χ1n) is 8.83. The van der Waals surface area contributed by atoms with Gasteiger partial charge in [0.05, 0.1) is 23.9 Å². The lowest BCUT2D eigenvalue weighted by Crippen LogP contribution is -2.23. The Labute approximate surface area is 164 Å². The van der Waals surface area contributed by atoms with Gasteiger partial charge in [0.15, 0.2) is 17.3 Å². The second-order valence-corrected chi connectivity index (χ2v) is 7.11. The molecule has 4 aromatic heterocycles. The highest BCUT2D eigenvalue weighted by Gasteiger charge is 2.31. The van der Waals surface area contributed by atoms with Gasteiger partial charge in [0.2, 0.25) is 11.7 Å². The van der Waals surface area contributed by atoms with Crippen LogP contribution in [0.5, 0.6) is 5.88 Å². The van der Waals surface area contributed by atoms with Crippen LogP contribution in [-0.4, -0.2) is 56.6 Å². The quantitative estimate of drug-likeness (QED) is 0.442. The minimum absolute atomic E-state index is 0.134. The maximum atomic E-state index is 9.96. The Morgan fingerprint density at radius 1 is 1.28 bits per heavy atom. The standard InChI is InChI=1S/C17H20N8O4/c1-17(2,8-27)14-12-5-19-21-15(11-4-10(6-26)29-23-11)25(12)22-16(14)28-7-13-18-9-20-24(13)3/h4-5,9,26-27H,6-8H2,1-3H3. The predicted molar refractivity (Wildman–Crippen MR) is 97.6 cm³/mol. The molecule has 0 aromatic carbocycles. The first kappa shape index (κ1) is 19.0. The molecule has 152 valence electrons. The van der Waals surface area contributed by atoms with Crippen LogP contribution in [0.25, 0.3) is 17.0 Å². The number of nitrogens with zero attached hydrogens (tertiary/aromatic N) is 8. The molecule has 4 aromatic rings. The Kier molecular flexibility index (Phi) is 4.72. The molecule has 2 N–H and O–H groups in total. The summed E-state index contributed by atoms with van der Waals surface area (Å²) in [6.07, 6.45) is 2.99. The van der Waals surface area contributed by atoms with Gasteiger partial charge in [-0.25, -0.2) is 9.50 Å². The van der Waals surface area contributed by atoms with Gasteiger partial charge in [0.1, 0.15) is 19.5 Å². The number of ether oxygens (including phenoxy) is 1. The van der Waals surface area contributed by atoms with Gasteiger partial charge in [-0.2, -0.15) is 10.2 Å². The fourth-order valence-corrected chi connectivity index (χ4v) is 2.92. The Morgan fingerprint density at radius 3 is 2.76 bits per heavy atom. The van der Waals surface area contributed by atoms with Gasteiger partial charge in [0.25, 0.3) is 0 Å². The van der Waals surface area contributed by atoms with Gasteiger partial charge in [-0.1, -0.05) is 19.0 Å². The van der Waals surface area contributed by atoms with Gasteiger partial charge < -0.3 is 19.5 Å². The van der Waals surface area contributed by atoms with Crippen molar-refractivity contribution in [2.75, 3.05) is 6.61 Å². The third-order valence-corrected chi connectivity index (χ3v) is 4.58. The molecule has 29 heavy (non-hydrogen) atoms. The van der Waals surface area contributed by atoms with E-state index >= 15 is 0 Å². The average Bonchev–Trinajstić information content (AvgIpc) is 3.43. The molecular formula is C17H20N8O4. The van der Waals surface area contributed by atoms with Gasteiger partial charge in [-0.3, -0.25) is 4.68 Å². The van der Waals surface area contributed by atoms with Crippen LogP contribution in [0.1, 0.15) is 31.0 Å². The summed E-state index contributed by atoms with van der Waals surface area (Å²) in [5, 5.41) is 39.8. The lowest BCUT2D eigenvalue weighted by Gasteiger charge is -2.21. The second kappa shape index (κ2) is 7.22. The number of aromatic nitrogens is 8. The summed E-state index contributed by atoms with van der Waals surface area (Å²) in [6.45, 7) is 3.47. The molecular weight excluding hydrogens is 380 g/mol. The molecule has 0 fully saturated rings. The van der Waals surface area contributed by atoms with Crippen molar-refractivity contribution in [3.05, 3.63) is 35.7 Å². The van der Waals surface area contributed by atoms with E-state index in [1.54, 1.807) is 24.0 Å². The van der Waals surface area contributed by atoms with Crippen LogP contribution < -0.4 is 4.74 Å². The van der Waals surface area contributed by atoms with E-state index in [-0.39, 0.29) is 19.8 Å².